The van der Waals surface area contributed by atoms with E-state index in [0.29, 0.717) is 0 Å². The molecular formula is C15H31N3O. The van der Waals surface area contributed by atoms with Crippen molar-refractivity contribution in [2.24, 2.45) is 5.73 Å². The van der Waals surface area contributed by atoms with E-state index in [4.69, 9.17) is 5.73 Å². The Morgan fingerprint density at radius 1 is 1.32 bits per heavy atom. The van der Waals surface area contributed by atoms with Gasteiger partial charge in [-0.3, -0.25) is 4.79 Å². The maximum atomic E-state index is 12.2. The topological polar surface area (TPSA) is 58.4 Å². The van der Waals surface area contributed by atoms with E-state index in [9.17, 15) is 4.79 Å². The van der Waals surface area contributed by atoms with Crippen molar-refractivity contribution in [3.05, 3.63) is 0 Å². The molecule has 0 heterocycles. The molecule has 112 valence electrons. The normalized spacial score (nSPS) is 22.0. The summed E-state index contributed by atoms with van der Waals surface area (Å²) in [7, 11) is 4.23. The third-order valence-corrected chi connectivity index (χ3v) is 4.60. The van der Waals surface area contributed by atoms with Crippen molar-refractivity contribution >= 4 is 5.91 Å². The summed E-state index contributed by atoms with van der Waals surface area (Å²) >= 11 is 0. The standard InChI is InChI=1S/C15H31N3O/c1-5-9-14(2,16)13(19)17-12-15(18(3)4)10-7-6-8-11-15/h5-12,16H2,1-4H3,(H,17,19). The molecule has 0 saturated heterocycles. The summed E-state index contributed by atoms with van der Waals surface area (Å²) in [5, 5.41) is 3.09. The summed E-state index contributed by atoms with van der Waals surface area (Å²) in [6, 6.07) is 0. The van der Waals surface area contributed by atoms with E-state index in [1.807, 2.05) is 6.92 Å². The van der Waals surface area contributed by atoms with Crippen molar-refractivity contribution in [1.29, 1.82) is 0 Å². The zero-order valence-corrected chi connectivity index (χ0v) is 13.1. The van der Waals surface area contributed by atoms with Crippen LogP contribution in [0.25, 0.3) is 0 Å². The molecule has 1 rings (SSSR count). The fraction of sp³-hybridized carbons (Fsp3) is 0.933. The Balaban J connectivity index is 2.59. The predicted molar refractivity (Wildman–Crippen MR) is 80.0 cm³/mol. The van der Waals surface area contributed by atoms with Crippen molar-refractivity contribution in [2.45, 2.75) is 69.9 Å². The molecule has 0 radical (unpaired) electrons. The average Bonchev–Trinajstić information content (AvgIpc) is 2.36. The maximum Gasteiger partial charge on any atom is 0.239 e. The van der Waals surface area contributed by atoms with Gasteiger partial charge in [0.05, 0.1) is 5.54 Å². The SMILES string of the molecule is CCCC(C)(N)C(=O)NCC1(N(C)C)CCCCC1. The highest BCUT2D eigenvalue weighted by atomic mass is 16.2. The van der Waals surface area contributed by atoms with E-state index in [1.165, 1.54) is 19.3 Å². The van der Waals surface area contributed by atoms with Gasteiger partial charge in [0, 0.05) is 12.1 Å². The zero-order valence-electron chi connectivity index (χ0n) is 13.1. The molecule has 0 spiro atoms. The zero-order chi connectivity index (χ0) is 14.5. The van der Waals surface area contributed by atoms with Crippen LogP contribution in [0.15, 0.2) is 0 Å². The number of carbonyl (C=O) groups excluding carboxylic acids is 1. The van der Waals surface area contributed by atoms with Crippen molar-refractivity contribution in [1.82, 2.24) is 10.2 Å². The number of likely N-dealkylation sites (N-methyl/N-ethyl adjacent to an activating group) is 1. The molecule has 1 fully saturated rings. The van der Waals surface area contributed by atoms with Gasteiger partial charge >= 0.3 is 0 Å². The van der Waals surface area contributed by atoms with Crippen LogP contribution >= 0.6 is 0 Å². The van der Waals surface area contributed by atoms with Crippen LogP contribution in [0, 0.1) is 0 Å². The van der Waals surface area contributed by atoms with E-state index in [-0.39, 0.29) is 11.4 Å². The number of rotatable bonds is 6. The van der Waals surface area contributed by atoms with E-state index in [1.54, 1.807) is 0 Å². The molecule has 1 aliphatic rings. The molecule has 0 bridgehead atoms. The first-order valence-electron chi connectivity index (χ1n) is 7.59. The van der Waals surface area contributed by atoms with Crippen LogP contribution in [0.2, 0.25) is 0 Å². The first-order chi connectivity index (χ1) is 8.84. The second kappa shape index (κ2) is 6.71. The van der Waals surface area contributed by atoms with Gasteiger partial charge in [-0.15, -0.1) is 0 Å². The lowest BCUT2D eigenvalue weighted by Gasteiger charge is -2.43. The van der Waals surface area contributed by atoms with Gasteiger partial charge in [-0.25, -0.2) is 0 Å². The number of hydrogen-bond acceptors (Lipinski definition) is 3. The van der Waals surface area contributed by atoms with Gasteiger partial charge in [0.15, 0.2) is 0 Å². The molecule has 1 atom stereocenters. The van der Waals surface area contributed by atoms with Gasteiger partial charge in [0.1, 0.15) is 0 Å². The number of carbonyl (C=O) groups is 1. The Bertz CT molecular complexity index is 294. The summed E-state index contributed by atoms with van der Waals surface area (Å²) in [5.41, 5.74) is 5.46. The second-order valence-corrected chi connectivity index (χ2v) is 6.53. The quantitative estimate of drug-likeness (QED) is 0.774. The molecule has 1 amide bonds. The van der Waals surface area contributed by atoms with Gasteiger partial charge in [0.25, 0.3) is 0 Å². The minimum atomic E-state index is -0.739. The summed E-state index contributed by atoms with van der Waals surface area (Å²) < 4.78 is 0. The van der Waals surface area contributed by atoms with Crippen LogP contribution in [0.5, 0.6) is 0 Å². The number of nitrogens with one attached hydrogen (secondary N) is 1. The molecule has 4 nitrogen and oxygen atoms in total. The molecule has 0 aromatic heterocycles. The lowest BCUT2D eigenvalue weighted by Crippen LogP contribution is -2.58. The Hall–Kier alpha value is -0.610. The molecule has 0 aromatic rings. The Morgan fingerprint density at radius 2 is 1.89 bits per heavy atom. The lowest BCUT2D eigenvalue weighted by atomic mass is 9.80. The number of nitrogens with zero attached hydrogens (tertiary/aromatic N) is 1. The molecule has 1 aliphatic carbocycles. The lowest BCUT2D eigenvalue weighted by molar-refractivity contribution is -0.126. The van der Waals surface area contributed by atoms with Crippen LogP contribution in [0.3, 0.4) is 0 Å². The summed E-state index contributed by atoms with van der Waals surface area (Å²) in [5.74, 6) is -0.0128. The van der Waals surface area contributed by atoms with Gasteiger partial charge < -0.3 is 16.0 Å². The molecular weight excluding hydrogens is 238 g/mol. The molecule has 1 unspecified atom stereocenters. The van der Waals surface area contributed by atoms with Crippen molar-refractivity contribution in [2.75, 3.05) is 20.6 Å². The van der Waals surface area contributed by atoms with Gasteiger partial charge in [-0.05, 0) is 40.3 Å². The highest BCUT2D eigenvalue weighted by molar-refractivity contribution is 5.85. The number of hydrogen-bond donors (Lipinski definition) is 2. The average molecular weight is 269 g/mol. The van der Waals surface area contributed by atoms with Crippen LogP contribution < -0.4 is 11.1 Å². The molecule has 3 N–H and O–H groups in total. The highest BCUT2D eigenvalue weighted by Crippen LogP contribution is 2.31. The fourth-order valence-electron chi connectivity index (χ4n) is 3.07. The predicted octanol–water partition coefficient (Wildman–Crippen LogP) is 1.88. The highest BCUT2D eigenvalue weighted by Gasteiger charge is 2.36. The number of nitrogens with two attached hydrogens (primary N) is 1. The molecule has 0 aromatic carbocycles. The van der Waals surface area contributed by atoms with Gasteiger partial charge in [-0.1, -0.05) is 32.6 Å². The first kappa shape index (κ1) is 16.4. The van der Waals surface area contributed by atoms with E-state index >= 15 is 0 Å². The Kier molecular flexibility index (Phi) is 5.81. The first-order valence-corrected chi connectivity index (χ1v) is 7.59. The second-order valence-electron chi connectivity index (χ2n) is 6.53. The third-order valence-electron chi connectivity index (χ3n) is 4.60. The van der Waals surface area contributed by atoms with E-state index in [2.05, 4.69) is 31.2 Å². The summed E-state index contributed by atoms with van der Waals surface area (Å²) in [6.45, 7) is 4.60. The monoisotopic (exact) mass is 269 g/mol. The molecule has 19 heavy (non-hydrogen) atoms. The number of amides is 1. The van der Waals surface area contributed by atoms with Crippen LogP contribution in [-0.2, 0) is 4.79 Å². The smallest absolute Gasteiger partial charge is 0.239 e. The molecule has 1 saturated carbocycles. The van der Waals surface area contributed by atoms with Crippen LogP contribution in [-0.4, -0.2) is 42.5 Å². The Labute approximate surface area is 118 Å². The minimum absolute atomic E-state index is 0.0128. The van der Waals surface area contributed by atoms with Crippen LogP contribution in [0.4, 0.5) is 0 Å². The largest absolute Gasteiger partial charge is 0.353 e. The molecule has 4 heteroatoms. The van der Waals surface area contributed by atoms with Gasteiger partial charge in [-0.2, -0.15) is 0 Å². The minimum Gasteiger partial charge on any atom is -0.353 e. The van der Waals surface area contributed by atoms with E-state index < -0.39 is 5.54 Å². The fourth-order valence-corrected chi connectivity index (χ4v) is 3.07. The van der Waals surface area contributed by atoms with Crippen LogP contribution in [0.1, 0.15) is 58.8 Å². The van der Waals surface area contributed by atoms with E-state index in [0.717, 1.165) is 32.2 Å². The van der Waals surface area contributed by atoms with Crippen molar-refractivity contribution in [3.63, 3.8) is 0 Å². The summed E-state index contributed by atoms with van der Waals surface area (Å²) in [6.07, 6.45) is 7.80. The summed E-state index contributed by atoms with van der Waals surface area (Å²) in [4.78, 5) is 14.5. The van der Waals surface area contributed by atoms with Crippen molar-refractivity contribution in [3.8, 4) is 0 Å². The Morgan fingerprint density at radius 3 is 2.37 bits per heavy atom. The maximum absolute atomic E-state index is 12.2. The van der Waals surface area contributed by atoms with Gasteiger partial charge in [0.2, 0.25) is 5.91 Å². The van der Waals surface area contributed by atoms with Crippen molar-refractivity contribution < 1.29 is 4.79 Å². The molecule has 0 aliphatic heterocycles. The third kappa shape index (κ3) is 4.18.